The number of aromatic nitrogens is 3. The Bertz CT molecular complexity index is 695. The van der Waals surface area contributed by atoms with Crippen LogP contribution in [0.5, 0.6) is 11.6 Å². The van der Waals surface area contributed by atoms with Crippen molar-refractivity contribution < 1.29 is 14.6 Å². The summed E-state index contributed by atoms with van der Waals surface area (Å²) < 4.78 is 5.45. The van der Waals surface area contributed by atoms with Gasteiger partial charge in [0.2, 0.25) is 5.69 Å². The second-order valence-electron chi connectivity index (χ2n) is 4.82. The van der Waals surface area contributed by atoms with E-state index in [1.54, 1.807) is 18.2 Å². The van der Waals surface area contributed by atoms with E-state index in [9.17, 15) is 4.79 Å². The topological polar surface area (TPSA) is 88.1 Å². The molecule has 0 unspecified atom stereocenters. The molecule has 0 saturated heterocycles. The van der Waals surface area contributed by atoms with Gasteiger partial charge in [0.1, 0.15) is 5.75 Å². The van der Waals surface area contributed by atoms with Crippen LogP contribution in [0, 0.1) is 17.8 Å². The maximum atomic E-state index is 10.9. The summed E-state index contributed by atoms with van der Waals surface area (Å²) in [7, 11) is 0. The van der Waals surface area contributed by atoms with Gasteiger partial charge in [-0.1, -0.05) is 37.0 Å². The minimum atomic E-state index is -1.20. The number of aromatic amines is 1. The SMILES string of the molecule is CC(C)CC#Cc1cccc(Oc2[nH]nnc2C(=O)O)c1. The first-order chi connectivity index (χ1) is 10.1. The molecule has 0 bridgehead atoms. The number of benzene rings is 1. The van der Waals surface area contributed by atoms with Crippen molar-refractivity contribution >= 4 is 5.97 Å². The number of ether oxygens (including phenoxy) is 1. The van der Waals surface area contributed by atoms with Gasteiger partial charge in [-0.3, -0.25) is 0 Å². The summed E-state index contributed by atoms with van der Waals surface area (Å²) in [5, 5.41) is 18.2. The Labute approximate surface area is 122 Å². The molecular formula is C15H15N3O3. The van der Waals surface area contributed by atoms with Crippen LogP contribution in [-0.4, -0.2) is 26.5 Å². The summed E-state index contributed by atoms with van der Waals surface area (Å²) in [6.07, 6.45) is 0.818. The average molecular weight is 285 g/mol. The van der Waals surface area contributed by atoms with Crippen LogP contribution in [0.15, 0.2) is 24.3 Å². The third-order valence-electron chi connectivity index (χ3n) is 2.52. The van der Waals surface area contributed by atoms with Crippen LogP contribution in [0.3, 0.4) is 0 Å². The molecule has 6 heteroatoms. The van der Waals surface area contributed by atoms with Gasteiger partial charge in [0.05, 0.1) is 0 Å². The number of hydrogen-bond donors (Lipinski definition) is 2. The molecular weight excluding hydrogens is 270 g/mol. The van der Waals surface area contributed by atoms with E-state index < -0.39 is 5.97 Å². The van der Waals surface area contributed by atoms with Crippen LogP contribution in [0.2, 0.25) is 0 Å². The highest BCUT2D eigenvalue weighted by molar-refractivity contribution is 5.87. The van der Waals surface area contributed by atoms with E-state index in [1.165, 1.54) is 0 Å². The fraction of sp³-hybridized carbons (Fsp3) is 0.267. The number of carbonyl (C=O) groups is 1. The van der Waals surface area contributed by atoms with Crippen molar-refractivity contribution in [1.82, 2.24) is 15.4 Å². The average Bonchev–Trinajstić information content (AvgIpc) is 2.87. The zero-order valence-electron chi connectivity index (χ0n) is 11.8. The molecule has 0 saturated carbocycles. The summed E-state index contributed by atoms with van der Waals surface area (Å²) >= 11 is 0. The minimum absolute atomic E-state index is 0.00482. The summed E-state index contributed by atoms with van der Waals surface area (Å²) in [6, 6.07) is 7.10. The summed E-state index contributed by atoms with van der Waals surface area (Å²) in [6.45, 7) is 4.21. The lowest BCUT2D eigenvalue weighted by atomic mass is 10.1. The van der Waals surface area contributed by atoms with E-state index in [0.29, 0.717) is 11.7 Å². The maximum absolute atomic E-state index is 10.9. The third-order valence-corrected chi connectivity index (χ3v) is 2.52. The first-order valence-corrected chi connectivity index (χ1v) is 6.47. The van der Waals surface area contributed by atoms with Crippen LogP contribution in [-0.2, 0) is 0 Å². The molecule has 0 amide bonds. The van der Waals surface area contributed by atoms with Crippen LogP contribution >= 0.6 is 0 Å². The van der Waals surface area contributed by atoms with Gasteiger partial charge in [-0.2, -0.15) is 0 Å². The number of aromatic carboxylic acids is 1. The molecule has 0 atom stereocenters. The molecule has 2 aromatic rings. The van der Waals surface area contributed by atoms with Crippen molar-refractivity contribution in [3.8, 4) is 23.5 Å². The Balaban J connectivity index is 2.15. The highest BCUT2D eigenvalue weighted by Gasteiger charge is 2.16. The normalized spacial score (nSPS) is 10.0. The second-order valence-corrected chi connectivity index (χ2v) is 4.82. The fourth-order valence-electron chi connectivity index (χ4n) is 1.54. The monoisotopic (exact) mass is 285 g/mol. The number of rotatable bonds is 4. The quantitative estimate of drug-likeness (QED) is 0.843. The zero-order chi connectivity index (χ0) is 15.2. The molecule has 0 fully saturated rings. The number of nitrogens with zero attached hydrogens (tertiary/aromatic N) is 2. The van der Waals surface area contributed by atoms with Crippen LogP contribution < -0.4 is 4.74 Å². The van der Waals surface area contributed by atoms with Gasteiger partial charge in [-0.15, -0.1) is 5.10 Å². The first-order valence-electron chi connectivity index (χ1n) is 6.47. The molecule has 2 rings (SSSR count). The van der Waals surface area contributed by atoms with Gasteiger partial charge in [-0.05, 0) is 24.1 Å². The van der Waals surface area contributed by atoms with Crippen LogP contribution in [0.1, 0.15) is 36.3 Å². The van der Waals surface area contributed by atoms with Gasteiger partial charge in [0.25, 0.3) is 5.88 Å². The second kappa shape index (κ2) is 6.57. The van der Waals surface area contributed by atoms with Crippen molar-refractivity contribution in [3.63, 3.8) is 0 Å². The number of nitrogens with one attached hydrogen (secondary N) is 1. The van der Waals surface area contributed by atoms with Gasteiger partial charge in [0, 0.05) is 12.0 Å². The summed E-state index contributed by atoms with van der Waals surface area (Å²) in [5.74, 6) is 5.91. The standard InChI is InChI=1S/C15H15N3O3/c1-10(2)5-3-6-11-7-4-8-12(9-11)21-14-13(15(19)20)16-18-17-14/h4,7-10H,5H2,1-2H3,(H,19,20)(H,16,17,18). The summed E-state index contributed by atoms with van der Waals surface area (Å²) in [4.78, 5) is 10.9. The molecule has 0 radical (unpaired) electrons. The van der Waals surface area contributed by atoms with Crippen molar-refractivity contribution in [2.24, 2.45) is 5.92 Å². The lowest BCUT2D eigenvalue weighted by Crippen LogP contribution is -1.99. The molecule has 1 aromatic carbocycles. The Hall–Kier alpha value is -2.81. The number of carboxylic acids is 1. The Morgan fingerprint density at radius 2 is 2.29 bits per heavy atom. The molecule has 1 aromatic heterocycles. The van der Waals surface area contributed by atoms with Gasteiger partial charge >= 0.3 is 5.97 Å². The Morgan fingerprint density at radius 1 is 1.48 bits per heavy atom. The Morgan fingerprint density at radius 3 is 3.00 bits per heavy atom. The number of hydrogen-bond acceptors (Lipinski definition) is 4. The molecule has 0 spiro atoms. The van der Waals surface area contributed by atoms with Gasteiger partial charge in [-0.25, -0.2) is 9.89 Å². The third kappa shape index (κ3) is 4.08. The molecule has 108 valence electrons. The zero-order valence-corrected chi connectivity index (χ0v) is 11.8. The van der Waals surface area contributed by atoms with E-state index >= 15 is 0 Å². The first kappa shape index (κ1) is 14.6. The largest absolute Gasteiger partial charge is 0.476 e. The van der Waals surface area contributed by atoms with Crippen molar-refractivity contribution in [2.75, 3.05) is 0 Å². The van der Waals surface area contributed by atoms with E-state index in [-0.39, 0.29) is 11.6 Å². The molecule has 0 aliphatic heterocycles. The molecule has 0 aliphatic carbocycles. The fourth-order valence-corrected chi connectivity index (χ4v) is 1.54. The van der Waals surface area contributed by atoms with E-state index in [2.05, 4.69) is 41.1 Å². The summed E-state index contributed by atoms with van der Waals surface area (Å²) in [5.41, 5.74) is 0.545. The molecule has 0 aliphatic rings. The van der Waals surface area contributed by atoms with E-state index in [0.717, 1.165) is 12.0 Å². The molecule has 2 N–H and O–H groups in total. The predicted octanol–water partition coefficient (Wildman–Crippen LogP) is 2.69. The van der Waals surface area contributed by atoms with Gasteiger partial charge in [0.15, 0.2) is 0 Å². The maximum Gasteiger partial charge on any atom is 0.362 e. The van der Waals surface area contributed by atoms with Crippen LogP contribution in [0.25, 0.3) is 0 Å². The van der Waals surface area contributed by atoms with Crippen molar-refractivity contribution in [2.45, 2.75) is 20.3 Å². The molecule has 6 nitrogen and oxygen atoms in total. The van der Waals surface area contributed by atoms with E-state index in [4.69, 9.17) is 9.84 Å². The predicted molar refractivity (Wildman–Crippen MR) is 76.2 cm³/mol. The van der Waals surface area contributed by atoms with Crippen LogP contribution in [0.4, 0.5) is 0 Å². The highest BCUT2D eigenvalue weighted by Crippen LogP contribution is 2.22. The van der Waals surface area contributed by atoms with E-state index in [1.807, 2.05) is 6.07 Å². The highest BCUT2D eigenvalue weighted by atomic mass is 16.5. The lowest BCUT2D eigenvalue weighted by molar-refractivity contribution is 0.0687. The smallest absolute Gasteiger partial charge is 0.362 e. The number of H-pyrrole nitrogens is 1. The van der Waals surface area contributed by atoms with Crippen molar-refractivity contribution in [1.29, 1.82) is 0 Å². The lowest BCUT2D eigenvalue weighted by Gasteiger charge is -2.03. The number of carboxylic acid groups (broad SMARTS) is 1. The van der Waals surface area contributed by atoms with Gasteiger partial charge < -0.3 is 9.84 Å². The minimum Gasteiger partial charge on any atom is -0.476 e. The molecule has 1 heterocycles. The Kier molecular flexibility index (Phi) is 4.57. The van der Waals surface area contributed by atoms with Crippen molar-refractivity contribution in [3.05, 3.63) is 35.5 Å². The molecule has 21 heavy (non-hydrogen) atoms.